The van der Waals surface area contributed by atoms with Crippen LogP contribution in [0.3, 0.4) is 0 Å². The molecule has 11 nitrogen and oxygen atoms in total. The normalized spacial score (nSPS) is 19.0. The number of alkyl carbamates (subject to hydrolysis) is 1. The highest BCUT2D eigenvalue weighted by atomic mass is 32.2. The molecule has 39 heavy (non-hydrogen) atoms. The molecular weight excluding hydrogens is 545 g/mol. The van der Waals surface area contributed by atoms with E-state index in [1.54, 1.807) is 0 Å². The SMILES string of the molecule is CC(C)CN(C[C@@H](OP(C)(=O)O)[C@H](Cc1ccccc1)NC(=O)OC1CCOC1)S(=O)(=O)c1ccc(N)cc1. The summed E-state index contributed by atoms with van der Waals surface area (Å²) in [4.78, 5) is 23.1. The van der Waals surface area contributed by atoms with Gasteiger partial charge in [0.05, 0.1) is 24.2 Å². The third kappa shape index (κ3) is 9.90. The summed E-state index contributed by atoms with van der Waals surface area (Å²) in [6.07, 6.45) is -1.61. The van der Waals surface area contributed by atoms with Gasteiger partial charge in [-0.1, -0.05) is 44.2 Å². The molecule has 1 aliphatic heterocycles. The number of hydrogen-bond donors (Lipinski definition) is 3. The summed E-state index contributed by atoms with van der Waals surface area (Å²) in [6, 6.07) is 14.1. The Bertz CT molecular complexity index is 1220. The number of sulfonamides is 1. The average molecular weight is 584 g/mol. The maximum absolute atomic E-state index is 13.7. The number of carbonyl (C=O) groups is 1. The monoisotopic (exact) mass is 583 g/mol. The molecule has 4 N–H and O–H groups in total. The molecule has 0 aromatic heterocycles. The second kappa shape index (κ2) is 13.7. The minimum atomic E-state index is -4.12. The highest BCUT2D eigenvalue weighted by molar-refractivity contribution is 7.89. The fraction of sp³-hybridized carbons (Fsp3) is 0.500. The fourth-order valence-corrected chi connectivity index (χ4v) is 6.57. The lowest BCUT2D eigenvalue weighted by Gasteiger charge is -2.33. The number of nitrogens with zero attached hydrogens (tertiary/aromatic N) is 1. The van der Waals surface area contributed by atoms with Crippen molar-refractivity contribution in [2.24, 2.45) is 5.92 Å². The average Bonchev–Trinajstić information content (AvgIpc) is 3.35. The molecule has 0 spiro atoms. The first kappa shape index (κ1) is 31.1. The third-order valence-corrected chi connectivity index (χ3v) is 8.52. The van der Waals surface area contributed by atoms with Crippen molar-refractivity contribution in [2.45, 2.75) is 49.8 Å². The minimum Gasteiger partial charge on any atom is -0.444 e. The summed E-state index contributed by atoms with van der Waals surface area (Å²) in [6.45, 7) is 5.31. The van der Waals surface area contributed by atoms with Crippen LogP contribution >= 0.6 is 7.60 Å². The molecule has 4 atom stereocenters. The highest BCUT2D eigenvalue weighted by Crippen LogP contribution is 2.40. The molecule has 1 amide bonds. The maximum Gasteiger partial charge on any atom is 0.407 e. The van der Waals surface area contributed by atoms with Gasteiger partial charge in [-0.2, -0.15) is 4.31 Å². The predicted octanol–water partition coefficient (Wildman–Crippen LogP) is 3.24. The summed E-state index contributed by atoms with van der Waals surface area (Å²) < 4.78 is 57.4. The van der Waals surface area contributed by atoms with Crippen LogP contribution in [-0.2, 0) is 35.0 Å². The molecule has 2 aromatic carbocycles. The molecule has 13 heteroatoms. The van der Waals surface area contributed by atoms with Crippen LogP contribution in [0.15, 0.2) is 59.5 Å². The van der Waals surface area contributed by atoms with Crippen molar-refractivity contribution in [1.29, 1.82) is 0 Å². The summed E-state index contributed by atoms with van der Waals surface area (Å²) in [5.41, 5.74) is 6.97. The Morgan fingerprint density at radius 2 is 1.85 bits per heavy atom. The van der Waals surface area contributed by atoms with Crippen molar-refractivity contribution in [3.05, 3.63) is 60.2 Å². The minimum absolute atomic E-state index is 0.0213. The second-order valence-corrected chi connectivity index (χ2v) is 13.8. The maximum atomic E-state index is 13.7. The molecule has 0 saturated carbocycles. The van der Waals surface area contributed by atoms with E-state index >= 15 is 0 Å². The number of nitrogens with one attached hydrogen (secondary N) is 1. The summed E-state index contributed by atoms with van der Waals surface area (Å²) in [5.74, 6) is -0.0790. The van der Waals surface area contributed by atoms with Gasteiger partial charge in [-0.15, -0.1) is 0 Å². The van der Waals surface area contributed by atoms with Crippen LogP contribution in [0.1, 0.15) is 25.8 Å². The largest absolute Gasteiger partial charge is 0.444 e. The summed E-state index contributed by atoms with van der Waals surface area (Å²) in [7, 11) is -8.18. The van der Waals surface area contributed by atoms with Gasteiger partial charge < -0.3 is 29.9 Å². The van der Waals surface area contributed by atoms with Crippen molar-refractivity contribution >= 4 is 29.4 Å². The van der Waals surface area contributed by atoms with E-state index in [9.17, 15) is 22.7 Å². The van der Waals surface area contributed by atoms with Gasteiger partial charge >= 0.3 is 13.7 Å². The van der Waals surface area contributed by atoms with Crippen molar-refractivity contribution in [3.8, 4) is 0 Å². The zero-order chi connectivity index (χ0) is 28.6. The fourth-order valence-electron chi connectivity index (χ4n) is 4.24. The Balaban J connectivity index is 1.96. The van der Waals surface area contributed by atoms with E-state index in [0.29, 0.717) is 18.7 Å². The zero-order valence-corrected chi connectivity index (χ0v) is 24.1. The number of nitrogen functional groups attached to an aromatic ring is 1. The summed E-state index contributed by atoms with van der Waals surface area (Å²) >= 11 is 0. The Kier molecular flexibility index (Phi) is 10.9. The number of carbonyl (C=O) groups excluding carboxylic acids is 1. The van der Waals surface area contributed by atoms with Gasteiger partial charge in [0, 0.05) is 31.9 Å². The van der Waals surface area contributed by atoms with Gasteiger partial charge in [0.2, 0.25) is 10.0 Å². The number of hydrogen-bond acceptors (Lipinski definition) is 8. The number of amides is 1. The molecule has 3 rings (SSSR count). The van der Waals surface area contributed by atoms with Crippen LogP contribution < -0.4 is 11.1 Å². The van der Waals surface area contributed by atoms with Crippen LogP contribution in [0.5, 0.6) is 0 Å². The topological polar surface area (TPSA) is 157 Å². The van der Waals surface area contributed by atoms with E-state index in [1.165, 1.54) is 28.6 Å². The van der Waals surface area contributed by atoms with Crippen LogP contribution in [0.4, 0.5) is 10.5 Å². The molecule has 2 unspecified atom stereocenters. The lowest BCUT2D eigenvalue weighted by atomic mass is 10.0. The Morgan fingerprint density at radius 3 is 2.41 bits per heavy atom. The van der Waals surface area contributed by atoms with E-state index < -0.39 is 42.0 Å². The van der Waals surface area contributed by atoms with Crippen molar-refractivity contribution in [2.75, 3.05) is 38.7 Å². The van der Waals surface area contributed by atoms with Gasteiger partial charge in [0.1, 0.15) is 12.2 Å². The molecule has 1 heterocycles. The van der Waals surface area contributed by atoms with Crippen molar-refractivity contribution < 1.29 is 36.7 Å². The predicted molar refractivity (Wildman–Crippen MR) is 148 cm³/mol. The molecule has 1 aliphatic rings. The lowest BCUT2D eigenvalue weighted by Crippen LogP contribution is -2.52. The Labute approximate surface area is 230 Å². The van der Waals surface area contributed by atoms with Crippen LogP contribution in [-0.4, -0.2) is 74.9 Å². The molecule has 216 valence electrons. The van der Waals surface area contributed by atoms with Crippen LogP contribution in [0.2, 0.25) is 0 Å². The number of anilines is 1. The summed E-state index contributed by atoms with van der Waals surface area (Å²) in [5, 5.41) is 2.76. The van der Waals surface area contributed by atoms with Gasteiger partial charge in [-0.3, -0.25) is 4.57 Å². The molecular formula is C26H38N3O8PS. The van der Waals surface area contributed by atoms with Gasteiger partial charge in [-0.05, 0) is 42.2 Å². The zero-order valence-electron chi connectivity index (χ0n) is 22.4. The lowest BCUT2D eigenvalue weighted by molar-refractivity contribution is 0.0675. The number of benzene rings is 2. The van der Waals surface area contributed by atoms with Gasteiger partial charge in [-0.25, -0.2) is 13.2 Å². The third-order valence-electron chi connectivity index (χ3n) is 6.01. The highest BCUT2D eigenvalue weighted by Gasteiger charge is 2.36. The van der Waals surface area contributed by atoms with E-state index in [0.717, 1.165) is 12.2 Å². The van der Waals surface area contributed by atoms with E-state index in [4.69, 9.17) is 19.7 Å². The molecule has 1 saturated heterocycles. The number of rotatable bonds is 13. The van der Waals surface area contributed by atoms with Crippen molar-refractivity contribution in [1.82, 2.24) is 9.62 Å². The van der Waals surface area contributed by atoms with Gasteiger partial charge in [0.25, 0.3) is 0 Å². The Morgan fingerprint density at radius 1 is 1.18 bits per heavy atom. The molecule has 0 bridgehead atoms. The van der Waals surface area contributed by atoms with Gasteiger partial charge in [0.15, 0.2) is 0 Å². The quantitative estimate of drug-likeness (QED) is 0.238. The van der Waals surface area contributed by atoms with Crippen LogP contribution in [0, 0.1) is 5.92 Å². The van der Waals surface area contributed by atoms with E-state index in [2.05, 4.69) is 5.32 Å². The van der Waals surface area contributed by atoms with Crippen molar-refractivity contribution in [3.63, 3.8) is 0 Å². The van der Waals surface area contributed by atoms with E-state index in [-0.39, 0.29) is 36.9 Å². The number of ether oxygens (including phenoxy) is 2. The standard InChI is InChI=1S/C26H38N3O8PS/c1-19(2)16-29(39(33,34)23-11-9-21(27)10-12-23)17-25(37-38(3,31)32)24(15-20-7-5-4-6-8-20)28-26(30)36-22-13-14-35-18-22/h4-12,19,22,24-25H,13-18,27H2,1-3H3,(H,28,30)(H,31,32)/t22?,24-,25+/m0/s1. The smallest absolute Gasteiger partial charge is 0.407 e. The molecule has 0 radical (unpaired) electrons. The van der Waals surface area contributed by atoms with Crippen LogP contribution in [0.25, 0.3) is 0 Å². The number of nitrogens with two attached hydrogens (primary N) is 1. The second-order valence-electron chi connectivity index (χ2n) is 10.1. The molecule has 1 fully saturated rings. The molecule has 2 aromatic rings. The molecule has 0 aliphatic carbocycles. The first-order chi connectivity index (χ1) is 18.3. The Hall–Kier alpha value is -2.47. The first-order valence-electron chi connectivity index (χ1n) is 12.8. The van der Waals surface area contributed by atoms with E-state index in [1.807, 2.05) is 44.2 Å². The first-order valence-corrected chi connectivity index (χ1v) is 16.2.